The lowest BCUT2D eigenvalue weighted by Crippen LogP contribution is -2.56. The van der Waals surface area contributed by atoms with Crippen LogP contribution in [0.2, 0.25) is 0 Å². The molecule has 0 aliphatic carbocycles. The minimum atomic E-state index is -1.76. The number of aliphatic hydroxyl groups excluding tert-OH is 3. The molecule has 1 fully saturated rings. The minimum absolute atomic E-state index is 0.158. The first-order chi connectivity index (χ1) is 13.4. The lowest BCUT2D eigenvalue weighted by molar-refractivity contribution is -0.264. The number of aliphatic carboxylic acids is 1. The third-order valence-corrected chi connectivity index (χ3v) is 5.86. The molecule has 5 N–H and O–H groups in total. The monoisotopic (exact) mass is 439 g/mol. The number of nitrogens with one attached hydrogen (secondary N) is 1. The Bertz CT molecular complexity index is 542. The highest BCUT2D eigenvalue weighted by Gasteiger charge is 2.45. The van der Waals surface area contributed by atoms with Crippen molar-refractivity contribution in [1.82, 2.24) is 5.32 Å². The first kappa shape index (κ1) is 25.9. The number of hydrogen-bond donors (Lipinski definition) is 5. The van der Waals surface area contributed by atoms with Gasteiger partial charge in [-0.25, -0.2) is 9.59 Å². The highest BCUT2D eigenvalue weighted by Crippen LogP contribution is 2.30. The zero-order valence-corrected chi connectivity index (χ0v) is 18.1. The van der Waals surface area contributed by atoms with Crippen LogP contribution in [0.4, 0.5) is 4.79 Å². The molecule has 1 amide bonds. The largest absolute Gasteiger partial charge is 0.616 e. The number of rotatable bonds is 9. The number of carbonyl (C=O) groups is 2. The van der Waals surface area contributed by atoms with E-state index in [0.29, 0.717) is 6.42 Å². The third kappa shape index (κ3) is 8.65. The van der Waals surface area contributed by atoms with Gasteiger partial charge < -0.3 is 39.8 Å². The molecule has 0 aromatic rings. The molecular formula is C18H33NO9S. The Balaban J connectivity index is 2.75. The van der Waals surface area contributed by atoms with Crippen LogP contribution in [0.5, 0.6) is 0 Å². The summed E-state index contributed by atoms with van der Waals surface area (Å²) in [6, 6.07) is -1.44. The molecule has 1 aliphatic heterocycles. The van der Waals surface area contributed by atoms with Crippen LogP contribution in [0, 0.1) is 5.92 Å². The molecule has 29 heavy (non-hydrogen) atoms. The van der Waals surface area contributed by atoms with Crippen molar-refractivity contribution in [1.29, 1.82) is 0 Å². The van der Waals surface area contributed by atoms with Gasteiger partial charge in [0.2, 0.25) is 0 Å². The van der Waals surface area contributed by atoms with Crippen molar-refractivity contribution in [2.75, 3.05) is 11.5 Å². The average Bonchev–Trinajstić information content (AvgIpc) is 2.57. The molecule has 7 atom stereocenters. The first-order valence-electron chi connectivity index (χ1n) is 9.62. The summed E-state index contributed by atoms with van der Waals surface area (Å²) < 4.78 is 22.9. The van der Waals surface area contributed by atoms with E-state index in [1.807, 2.05) is 6.92 Å². The van der Waals surface area contributed by atoms with Crippen molar-refractivity contribution in [2.24, 2.45) is 5.92 Å². The van der Waals surface area contributed by atoms with E-state index in [1.54, 1.807) is 20.8 Å². The number of ether oxygens (including phenoxy) is 2. The van der Waals surface area contributed by atoms with Crippen LogP contribution in [0.3, 0.4) is 0 Å². The lowest BCUT2D eigenvalue weighted by atomic mass is 9.86. The Labute approximate surface area is 173 Å². The van der Waals surface area contributed by atoms with Gasteiger partial charge in [-0.1, -0.05) is 19.8 Å². The van der Waals surface area contributed by atoms with Gasteiger partial charge in [0.05, 0.1) is 6.10 Å². The maximum absolute atomic E-state index is 12.6. The van der Waals surface area contributed by atoms with E-state index in [2.05, 4.69) is 5.32 Å². The number of alkyl carbamates (subject to hydrolysis) is 1. The fourth-order valence-corrected chi connectivity index (χ4v) is 4.45. The van der Waals surface area contributed by atoms with E-state index in [-0.39, 0.29) is 5.75 Å². The van der Waals surface area contributed by atoms with Crippen LogP contribution in [0.15, 0.2) is 0 Å². The normalized spacial score (nSPS) is 29.7. The second kappa shape index (κ2) is 11.3. The number of carbonyl (C=O) groups excluding carboxylic acids is 1. The molecule has 170 valence electrons. The maximum Gasteiger partial charge on any atom is 0.408 e. The SMILES string of the molecule is CCCCC1C(C[S+]([O-])C[C@H](NC(=O)OC(C)(C)C)C(=O)O)OC(O)C(O)C1O. The van der Waals surface area contributed by atoms with Crippen molar-refractivity contribution >= 4 is 23.2 Å². The Morgan fingerprint density at radius 2 is 1.86 bits per heavy atom. The van der Waals surface area contributed by atoms with E-state index in [4.69, 9.17) is 9.47 Å². The summed E-state index contributed by atoms with van der Waals surface area (Å²) in [5, 5.41) is 41.4. The molecule has 1 rings (SSSR count). The molecule has 11 heteroatoms. The molecular weight excluding hydrogens is 406 g/mol. The standard InChI is InChI=1S/C18H33NO9S/c1-5-6-7-10-12(27-16(24)14(21)13(10)20)9-29(26)8-11(15(22)23)19-17(25)28-18(2,3)4/h10-14,16,20-21,24H,5-9H2,1-4H3,(H,19,25)(H,22,23)/t10?,11-,12?,13?,14?,16?,29?/m0/s1. The fraction of sp³-hybridized carbons (Fsp3) is 0.889. The van der Waals surface area contributed by atoms with Gasteiger partial charge in [0.15, 0.2) is 12.3 Å². The fourth-order valence-electron chi connectivity index (χ4n) is 3.02. The van der Waals surface area contributed by atoms with Gasteiger partial charge in [0.25, 0.3) is 0 Å². The van der Waals surface area contributed by atoms with E-state index in [1.165, 1.54) is 0 Å². The first-order valence-corrected chi connectivity index (χ1v) is 11.1. The van der Waals surface area contributed by atoms with E-state index in [9.17, 15) is 34.6 Å². The minimum Gasteiger partial charge on any atom is -0.616 e. The highest BCUT2D eigenvalue weighted by molar-refractivity contribution is 7.91. The smallest absolute Gasteiger partial charge is 0.408 e. The zero-order valence-electron chi connectivity index (χ0n) is 17.2. The second-order valence-corrected chi connectivity index (χ2v) is 9.71. The molecule has 0 bridgehead atoms. The highest BCUT2D eigenvalue weighted by atomic mass is 32.2. The quantitative estimate of drug-likeness (QED) is 0.309. The molecule has 1 aliphatic rings. The van der Waals surface area contributed by atoms with Crippen LogP contribution in [-0.2, 0) is 25.4 Å². The van der Waals surface area contributed by atoms with Gasteiger partial charge in [0, 0.05) is 5.92 Å². The predicted octanol–water partition coefficient (Wildman–Crippen LogP) is -0.0416. The molecule has 0 saturated carbocycles. The zero-order chi connectivity index (χ0) is 22.4. The number of unbranched alkanes of at least 4 members (excludes halogenated alkanes) is 1. The number of amides is 1. The van der Waals surface area contributed by atoms with Crippen LogP contribution < -0.4 is 5.32 Å². The van der Waals surface area contributed by atoms with E-state index in [0.717, 1.165) is 12.8 Å². The molecule has 1 heterocycles. The topological polar surface area (TPSA) is 169 Å². The summed E-state index contributed by atoms with van der Waals surface area (Å²) in [6.45, 7) is 6.83. The van der Waals surface area contributed by atoms with Crippen LogP contribution in [0.25, 0.3) is 0 Å². The van der Waals surface area contributed by atoms with Gasteiger partial charge >= 0.3 is 12.1 Å². The van der Waals surface area contributed by atoms with Gasteiger partial charge in [0.1, 0.15) is 29.3 Å². The predicted molar refractivity (Wildman–Crippen MR) is 105 cm³/mol. The Morgan fingerprint density at radius 3 is 2.38 bits per heavy atom. The summed E-state index contributed by atoms with van der Waals surface area (Å²) >= 11 is -1.76. The number of carboxylic acid groups (broad SMARTS) is 1. The Hall–Kier alpha value is -1.11. The summed E-state index contributed by atoms with van der Waals surface area (Å²) in [6.07, 6.45) is -4.06. The summed E-state index contributed by atoms with van der Waals surface area (Å²) in [5.41, 5.74) is -0.818. The lowest BCUT2D eigenvalue weighted by Gasteiger charge is -2.41. The Morgan fingerprint density at radius 1 is 1.24 bits per heavy atom. The van der Waals surface area contributed by atoms with Crippen molar-refractivity contribution in [2.45, 2.75) is 83.2 Å². The number of carboxylic acids is 1. The van der Waals surface area contributed by atoms with Gasteiger partial charge in [-0.15, -0.1) is 0 Å². The molecule has 0 radical (unpaired) electrons. The van der Waals surface area contributed by atoms with Crippen LogP contribution in [0.1, 0.15) is 47.0 Å². The van der Waals surface area contributed by atoms with Gasteiger partial charge in [-0.05, 0) is 38.4 Å². The Kier molecular flexibility index (Phi) is 10.1. The summed E-state index contributed by atoms with van der Waals surface area (Å²) in [5.74, 6) is -2.48. The summed E-state index contributed by atoms with van der Waals surface area (Å²) in [4.78, 5) is 23.3. The summed E-state index contributed by atoms with van der Waals surface area (Å²) in [7, 11) is 0. The number of hydrogen-bond acceptors (Lipinski definition) is 8. The second-order valence-electron chi connectivity index (χ2n) is 8.16. The van der Waals surface area contributed by atoms with Gasteiger partial charge in [-0.2, -0.15) is 0 Å². The molecule has 6 unspecified atom stereocenters. The van der Waals surface area contributed by atoms with Crippen molar-refractivity contribution in [3.8, 4) is 0 Å². The molecule has 1 saturated heterocycles. The molecule has 0 aromatic heterocycles. The van der Waals surface area contributed by atoms with Crippen molar-refractivity contribution in [3.63, 3.8) is 0 Å². The maximum atomic E-state index is 12.6. The number of aliphatic hydroxyl groups is 3. The van der Waals surface area contributed by atoms with Crippen molar-refractivity contribution < 1.29 is 44.0 Å². The molecule has 0 spiro atoms. The van der Waals surface area contributed by atoms with E-state index >= 15 is 0 Å². The van der Waals surface area contributed by atoms with Crippen molar-refractivity contribution in [3.05, 3.63) is 0 Å². The third-order valence-electron chi connectivity index (χ3n) is 4.46. The van der Waals surface area contributed by atoms with Crippen LogP contribution >= 0.6 is 0 Å². The molecule has 0 aromatic carbocycles. The average molecular weight is 440 g/mol. The van der Waals surface area contributed by atoms with E-state index < -0.39 is 71.2 Å². The van der Waals surface area contributed by atoms with Gasteiger partial charge in [-0.3, -0.25) is 0 Å². The molecule has 10 nitrogen and oxygen atoms in total. The van der Waals surface area contributed by atoms with Crippen LogP contribution in [-0.4, -0.2) is 84.8 Å².